The van der Waals surface area contributed by atoms with Crippen LogP contribution in [0.25, 0.3) is 0 Å². The number of ether oxygens (including phenoxy) is 1. The molecule has 3 heteroatoms. The highest BCUT2D eigenvalue weighted by atomic mass is 127. The maximum absolute atomic E-state index is 5.65. The quantitative estimate of drug-likeness (QED) is 0.575. The van der Waals surface area contributed by atoms with Gasteiger partial charge in [0.05, 0.1) is 6.10 Å². The second-order valence-electron chi connectivity index (χ2n) is 2.98. The standard InChI is InChI=1S/C8H16INO/c1-2-7-11-8-3-5-10(9)6-4-8/h8H,2-7H2,1H3. The van der Waals surface area contributed by atoms with Gasteiger partial charge in [0.25, 0.3) is 0 Å². The molecule has 2 nitrogen and oxygen atoms in total. The van der Waals surface area contributed by atoms with Crippen molar-refractivity contribution in [1.29, 1.82) is 0 Å². The van der Waals surface area contributed by atoms with Gasteiger partial charge in [0, 0.05) is 42.6 Å². The minimum atomic E-state index is 0.543. The Kier molecular flexibility index (Phi) is 4.71. The van der Waals surface area contributed by atoms with E-state index >= 15 is 0 Å². The Morgan fingerprint density at radius 3 is 2.64 bits per heavy atom. The average Bonchev–Trinajstić information content (AvgIpc) is 2.04. The molecule has 0 aliphatic carbocycles. The first-order chi connectivity index (χ1) is 5.33. The second kappa shape index (κ2) is 5.32. The number of nitrogens with zero attached hydrogens (tertiary/aromatic N) is 1. The molecule has 1 aliphatic rings. The van der Waals surface area contributed by atoms with E-state index in [-0.39, 0.29) is 0 Å². The molecule has 0 radical (unpaired) electrons. The Hall–Kier alpha value is 0.650. The molecule has 0 unspecified atom stereocenters. The summed E-state index contributed by atoms with van der Waals surface area (Å²) in [6.07, 6.45) is 4.11. The summed E-state index contributed by atoms with van der Waals surface area (Å²) < 4.78 is 7.99. The normalized spacial score (nSPS) is 22.4. The molecule has 0 saturated carbocycles. The van der Waals surface area contributed by atoms with E-state index < -0.39 is 0 Å². The van der Waals surface area contributed by atoms with Gasteiger partial charge in [0.15, 0.2) is 0 Å². The summed E-state index contributed by atoms with van der Waals surface area (Å²) >= 11 is 2.38. The van der Waals surface area contributed by atoms with Crippen LogP contribution >= 0.6 is 22.9 Å². The Morgan fingerprint density at radius 2 is 2.09 bits per heavy atom. The van der Waals surface area contributed by atoms with Gasteiger partial charge in [-0.2, -0.15) is 0 Å². The van der Waals surface area contributed by atoms with Crippen LogP contribution in [-0.4, -0.2) is 28.9 Å². The molecule has 0 amide bonds. The fourth-order valence-corrected chi connectivity index (χ4v) is 1.83. The van der Waals surface area contributed by atoms with Crippen molar-refractivity contribution in [3.8, 4) is 0 Å². The zero-order chi connectivity index (χ0) is 8.10. The van der Waals surface area contributed by atoms with Crippen LogP contribution < -0.4 is 0 Å². The minimum absolute atomic E-state index is 0.543. The number of piperidine rings is 1. The van der Waals surface area contributed by atoms with Gasteiger partial charge < -0.3 is 4.74 Å². The lowest BCUT2D eigenvalue weighted by molar-refractivity contribution is 0.0251. The average molecular weight is 269 g/mol. The molecular weight excluding hydrogens is 253 g/mol. The van der Waals surface area contributed by atoms with Crippen molar-refractivity contribution in [2.24, 2.45) is 0 Å². The summed E-state index contributed by atoms with van der Waals surface area (Å²) in [5.74, 6) is 0. The third-order valence-electron chi connectivity index (χ3n) is 1.95. The third-order valence-corrected chi connectivity index (χ3v) is 2.91. The zero-order valence-electron chi connectivity index (χ0n) is 7.05. The molecule has 0 atom stereocenters. The smallest absolute Gasteiger partial charge is 0.0600 e. The maximum Gasteiger partial charge on any atom is 0.0600 e. The highest BCUT2D eigenvalue weighted by Gasteiger charge is 2.16. The molecule has 1 heterocycles. The lowest BCUT2D eigenvalue weighted by atomic mass is 10.1. The minimum Gasteiger partial charge on any atom is -0.378 e. The molecule has 0 aromatic rings. The van der Waals surface area contributed by atoms with E-state index in [1.165, 1.54) is 25.9 Å². The Morgan fingerprint density at radius 1 is 1.45 bits per heavy atom. The fraction of sp³-hybridized carbons (Fsp3) is 1.00. The molecule has 0 N–H and O–H groups in total. The fourth-order valence-electron chi connectivity index (χ4n) is 1.28. The van der Waals surface area contributed by atoms with Gasteiger partial charge in [-0.15, -0.1) is 0 Å². The third kappa shape index (κ3) is 3.71. The van der Waals surface area contributed by atoms with Gasteiger partial charge in [0.2, 0.25) is 0 Å². The topological polar surface area (TPSA) is 12.5 Å². The number of halogens is 1. The molecule has 0 aromatic carbocycles. The summed E-state index contributed by atoms with van der Waals surface area (Å²) in [5.41, 5.74) is 0. The van der Waals surface area contributed by atoms with Crippen molar-refractivity contribution >= 4 is 22.9 Å². The van der Waals surface area contributed by atoms with Crippen LogP contribution in [0.4, 0.5) is 0 Å². The largest absolute Gasteiger partial charge is 0.378 e. The molecule has 66 valence electrons. The highest BCUT2D eigenvalue weighted by molar-refractivity contribution is 14.1. The highest BCUT2D eigenvalue weighted by Crippen LogP contribution is 2.16. The summed E-state index contributed by atoms with van der Waals surface area (Å²) in [5, 5.41) is 0. The number of hydrogen-bond acceptors (Lipinski definition) is 2. The van der Waals surface area contributed by atoms with Crippen molar-refractivity contribution in [3.05, 3.63) is 0 Å². The Bertz CT molecular complexity index is 99.5. The SMILES string of the molecule is CCCOC1CCN(I)CC1. The van der Waals surface area contributed by atoms with Crippen LogP contribution in [0, 0.1) is 0 Å². The molecule has 1 fully saturated rings. The van der Waals surface area contributed by atoms with E-state index in [0.29, 0.717) is 6.10 Å². The van der Waals surface area contributed by atoms with Gasteiger partial charge in [-0.1, -0.05) is 6.92 Å². The molecule has 0 spiro atoms. The summed E-state index contributed by atoms with van der Waals surface area (Å²) in [6.45, 7) is 5.48. The van der Waals surface area contributed by atoms with E-state index in [9.17, 15) is 0 Å². The first-order valence-electron chi connectivity index (χ1n) is 4.35. The zero-order valence-corrected chi connectivity index (χ0v) is 9.21. The summed E-state index contributed by atoms with van der Waals surface area (Å²) in [4.78, 5) is 0. The van der Waals surface area contributed by atoms with E-state index in [2.05, 4.69) is 32.9 Å². The van der Waals surface area contributed by atoms with E-state index in [1.807, 2.05) is 0 Å². The van der Waals surface area contributed by atoms with Crippen molar-refractivity contribution in [3.63, 3.8) is 0 Å². The van der Waals surface area contributed by atoms with Gasteiger partial charge in [-0.3, -0.25) is 0 Å². The number of rotatable bonds is 3. The molecule has 11 heavy (non-hydrogen) atoms. The van der Waals surface area contributed by atoms with Crippen molar-refractivity contribution in [2.45, 2.75) is 32.3 Å². The van der Waals surface area contributed by atoms with Crippen molar-refractivity contribution < 1.29 is 4.74 Å². The molecule has 0 aromatic heterocycles. The molecule has 0 bridgehead atoms. The van der Waals surface area contributed by atoms with Crippen molar-refractivity contribution in [2.75, 3.05) is 19.7 Å². The van der Waals surface area contributed by atoms with E-state index in [4.69, 9.17) is 4.74 Å². The lowest BCUT2D eigenvalue weighted by Gasteiger charge is -2.27. The van der Waals surface area contributed by atoms with Gasteiger partial charge >= 0.3 is 0 Å². The van der Waals surface area contributed by atoms with E-state index in [1.54, 1.807) is 0 Å². The Labute approximate surface area is 82.8 Å². The Balaban J connectivity index is 2.07. The van der Waals surface area contributed by atoms with Gasteiger partial charge in [-0.25, -0.2) is 3.11 Å². The number of hydrogen-bond donors (Lipinski definition) is 0. The van der Waals surface area contributed by atoms with Crippen molar-refractivity contribution in [1.82, 2.24) is 3.11 Å². The van der Waals surface area contributed by atoms with Crippen LogP contribution in [0.15, 0.2) is 0 Å². The van der Waals surface area contributed by atoms with Gasteiger partial charge in [0.1, 0.15) is 0 Å². The van der Waals surface area contributed by atoms with Crippen LogP contribution in [0.1, 0.15) is 26.2 Å². The maximum atomic E-state index is 5.65. The second-order valence-corrected chi connectivity index (χ2v) is 4.34. The molecular formula is C8H16INO. The van der Waals surface area contributed by atoms with E-state index in [0.717, 1.165) is 13.0 Å². The van der Waals surface area contributed by atoms with Crippen LogP contribution in [0.2, 0.25) is 0 Å². The van der Waals surface area contributed by atoms with Gasteiger partial charge in [-0.05, 0) is 19.3 Å². The van der Waals surface area contributed by atoms with Crippen LogP contribution in [0.5, 0.6) is 0 Å². The van der Waals surface area contributed by atoms with Crippen LogP contribution in [0.3, 0.4) is 0 Å². The van der Waals surface area contributed by atoms with Crippen LogP contribution in [-0.2, 0) is 4.74 Å². The molecule has 1 rings (SSSR count). The summed E-state index contributed by atoms with van der Waals surface area (Å²) in [7, 11) is 0. The molecule has 1 saturated heterocycles. The molecule has 1 aliphatic heterocycles. The predicted molar refractivity (Wildman–Crippen MR) is 54.9 cm³/mol. The monoisotopic (exact) mass is 269 g/mol. The predicted octanol–water partition coefficient (Wildman–Crippen LogP) is 2.23. The first-order valence-corrected chi connectivity index (χ1v) is 5.31. The summed E-state index contributed by atoms with van der Waals surface area (Å²) in [6, 6.07) is 0. The lowest BCUT2D eigenvalue weighted by Crippen LogP contribution is -2.30. The first kappa shape index (κ1) is 9.74.